The Hall–Kier alpha value is -2.28. The third kappa shape index (κ3) is 2.41. The Morgan fingerprint density at radius 3 is 2.52 bits per heavy atom. The third-order valence-corrected chi connectivity index (χ3v) is 4.76. The molecule has 1 atom stereocenters. The van der Waals surface area contributed by atoms with Crippen molar-refractivity contribution in [2.45, 2.75) is 12.5 Å². The van der Waals surface area contributed by atoms with Crippen LogP contribution in [0.4, 0.5) is 0 Å². The second-order valence-electron chi connectivity index (χ2n) is 5.37. The lowest BCUT2D eigenvalue weighted by molar-refractivity contribution is 0.0718. The lowest BCUT2D eigenvalue weighted by Crippen LogP contribution is -2.45. The van der Waals surface area contributed by atoms with Crippen molar-refractivity contribution in [2.24, 2.45) is 0 Å². The molecule has 1 aliphatic heterocycles. The van der Waals surface area contributed by atoms with Crippen molar-refractivity contribution in [3.8, 4) is 6.07 Å². The minimum atomic E-state index is -1.24. The van der Waals surface area contributed by atoms with Crippen molar-refractivity contribution in [2.75, 3.05) is 0 Å². The van der Waals surface area contributed by atoms with E-state index < -0.39 is 5.54 Å². The number of benzene rings is 2. The van der Waals surface area contributed by atoms with Gasteiger partial charge in [0, 0.05) is 17.3 Å². The average Bonchev–Trinajstić information content (AvgIpc) is 2.58. The van der Waals surface area contributed by atoms with Crippen molar-refractivity contribution < 1.29 is 4.79 Å². The molecule has 1 unspecified atom stereocenters. The van der Waals surface area contributed by atoms with Gasteiger partial charge in [-0.05, 0) is 36.8 Å². The predicted molar refractivity (Wildman–Crippen MR) is 91.1 cm³/mol. The van der Waals surface area contributed by atoms with Crippen LogP contribution < -0.4 is 0 Å². The van der Waals surface area contributed by atoms with E-state index in [2.05, 4.69) is 6.07 Å². The van der Waals surface area contributed by atoms with Crippen LogP contribution in [0.25, 0.3) is 6.08 Å². The van der Waals surface area contributed by atoms with Gasteiger partial charge in [-0.25, -0.2) is 0 Å². The number of rotatable bonds is 1. The molecule has 2 aromatic carbocycles. The molecule has 0 saturated carbocycles. The zero-order valence-corrected chi connectivity index (χ0v) is 13.8. The number of fused-ring (bicyclic) bond motifs is 1. The molecule has 2 aromatic rings. The van der Waals surface area contributed by atoms with Gasteiger partial charge in [-0.3, -0.25) is 9.69 Å². The van der Waals surface area contributed by atoms with Crippen LogP contribution in [-0.2, 0) is 5.54 Å². The first-order chi connectivity index (χ1) is 11.0. The van der Waals surface area contributed by atoms with E-state index in [0.717, 1.165) is 5.56 Å². The minimum Gasteiger partial charge on any atom is -0.292 e. The topological polar surface area (TPSA) is 44.1 Å². The molecule has 0 aromatic heterocycles. The van der Waals surface area contributed by atoms with Crippen LogP contribution in [0.2, 0.25) is 10.0 Å². The van der Waals surface area contributed by atoms with Crippen molar-refractivity contribution in [3.63, 3.8) is 0 Å². The highest BCUT2D eigenvalue weighted by Gasteiger charge is 2.42. The first kappa shape index (κ1) is 15.6. The van der Waals surface area contributed by atoms with Gasteiger partial charge in [-0.1, -0.05) is 47.5 Å². The van der Waals surface area contributed by atoms with Gasteiger partial charge in [0.2, 0.25) is 0 Å². The van der Waals surface area contributed by atoms with E-state index in [0.29, 0.717) is 21.2 Å². The van der Waals surface area contributed by atoms with Crippen LogP contribution in [0.1, 0.15) is 28.4 Å². The van der Waals surface area contributed by atoms with Gasteiger partial charge in [0.25, 0.3) is 5.91 Å². The van der Waals surface area contributed by atoms with Gasteiger partial charge in [0.05, 0.1) is 16.1 Å². The fourth-order valence-corrected chi connectivity index (χ4v) is 3.24. The van der Waals surface area contributed by atoms with Gasteiger partial charge in [0.15, 0.2) is 5.54 Å². The molecular weight excluding hydrogens is 331 g/mol. The monoisotopic (exact) mass is 342 g/mol. The number of amides is 1. The van der Waals surface area contributed by atoms with E-state index in [1.54, 1.807) is 55.6 Å². The normalized spacial score (nSPS) is 19.1. The smallest absolute Gasteiger partial charge is 0.259 e. The number of carbonyl (C=O) groups is 1. The van der Waals surface area contributed by atoms with E-state index in [-0.39, 0.29) is 5.91 Å². The summed E-state index contributed by atoms with van der Waals surface area (Å²) in [6, 6.07) is 14.5. The number of hydrogen-bond acceptors (Lipinski definition) is 2. The predicted octanol–water partition coefficient (Wildman–Crippen LogP) is 4.86. The van der Waals surface area contributed by atoms with E-state index in [1.807, 2.05) is 6.07 Å². The maximum atomic E-state index is 12.8. The summed E-state index contributed by atoms with van der Waals surface area (Å²) >= 11 is 12.4. The van der Waals surface area contributed by atoms with Crippen LogP contribution in [-0.4, -0.2) is 10.8 Å². The van der Waals surface area contributed by atoms with E-state index in [9.17, 15) is 10.1 Å². The number of nitriles is 1. The maximum absolute atomic E-state index is 12.8. The summed E-state index contributed by atoms with van der Waals surface area (Å²) in [4.78, 5) is 14.2. The summed E-state index contributed by atoms with van der Waals surface area (Å²) in [5, 5.41) is 10.4. The summed E-state index contributed by atoms with van der Waals surface area (Å²) in [7, 11) is 0. The molecule has 0 aliphatic carbocycles. The lowest BCUT2D eigenvalue weighted by Gasteiger charge is -2.38. The summed E-state index contributed by atoms with van der Waals surface area (Å²) < 4.78 is 0. The largest absolute Gasteiger partial charge is 0.292 e. The molecule has 114 valence electrons. The van der Waals surface area contributed by atoms with Gasteiger partial charge in [-0.2, -0.15) is 5.26 Å². The second kappa shape index (κ2) is 5.73. The Bertz CT molecular complexity index is 855. The number of carbonyl (C=O) groups excluding carboxylic acids is 1. The van der Waals surface area contributed by atoms with Crippen LogP contribution in [0.3, 0.4) is 0 Å². The van der Waals surface area contributed by atoms with Crippen molar-refractivity contribution in [3.05, 3.63) is 75.4 Å². The minimum absolute atomic E-state index is 0.271. The highest BCUT2D eigenvalue weighted by Crippen LogP contribution is 2.43. The molecule has 0 spiro atoms. The Labute approximate surface area is 144 Å². The summed E-state index contributed by atoms with van der Waals surface area (Å²) in [5.41, 5.74) is 0.584. The van der Waals surface area contributed by atoms with Crippen LogP contribution in [0.5, 0.6) is 0 Å². The molecule has 3 rings (SSSR count). The van der Waals surface area contributed by atoms with Crippen molar-refractivity contribution in [1.82, 2.24) is 4.90 Å². The highest BCUT2D eigenvalue weighted by atomic mass is 35.5. The van der Waals surface area contributed by atoms with Crippen molar-refractivity contribution in [1.29, 1.82) is 5.26 Å². The van der Waals surface area contributed by atoms with Gasteiger partial charge < -0.3 is 0 Å². The van der Waals surface area contributed by atoms with E-state index in [4.69, 9.17) is 23.2 Å². The Morgan fingerprint density at radius 1 is 1.17 bits per heavy atom. The Balaban J connectivity index is 2.17. The number of halogens is 2. The molecule has 1 aliphatic rings. The molecule has 0 N–H and O–H groups in total. The van der Waals surface area contributed by atoms with E-state index in [1.165, 1.54) is 4.90 Å². The first-order valence-corrected chi connectivity index (χ1v) is 7.71. The maximum Gasteiger partial charge on any atom is 0.259 e. The van der Waals surface area contributed by atoms with Crippen LogP contribution >= 0.6 is 23.2 Å². The SMILES string of the molecule is CC1(C#N)c2c(ccc(Cl)c2Cl)C=CN1C(=O)c1ccccc1. The van der Waals surface area contributed by atoms with Crippen LogP contribution in [0, 0.1) is 11.3 Å². The number of hydrogen-bond donors (Lipinski definition) is 0. The summed E-state index contributed by atoms with van der Waals surface area (Å²) in [6.45, 7) is 1.67. The molecule has 0 radical (unpaired) electrons. The molecule has 0 fully saturated rings. The summed E-state index contributed by atoms with van der Waals surface area (Å²) in [6.07, 6.45) is 3.38. The van der Waals surface area contributed by atoms with E-state index >= 15 is 0 Å². The zero-order chi connectivity index (χ0) is 16.6. The zero-order valence-electron chi connectivity index (χ0n) is 12.3. The fraction of sp³-hybridized carbons (Fsp3) is 0.111. The Kier molecular flexibility index (Phi) is 3.89. The summed E-state index contributed by atoms with van der Waals surface area (Å²) in [5.74, 6) is -0.271. The van der Waals surface area contributed by atoms with Gasteiger partial charge in [0.1, 0.15) is 0 Å². The first-order valence-electron chi connectivity index (χ1n) is 6.95. The molecule has 5 heteroatoms. The molecule has 23 heavy (non-hydrogen) atoms. The fourth-order valence-electron chi connectivity index (χ4n) is 2.72. The molecule has 0 bridgehead atoms. The molecular formula is C18H12Cl2N2O. The molecule has 1 heterocycles. The Morgan fingerprint density at radius 2 is 1.87 bits per heavy atom. The van der Waals surface area contributed by atoms with Crippen LogP contribution in [0.15, 0.2) is 48.7 Å². The lowest BCUT2D eigenvalue weighted by atomic mass is 9.85. The standard InChI is InChI=1S/C18H12Cl2N2O/c1-18(11-21)15-12(7-8-14(19)16(15)20)9-10-22(18)17(23)13-5-3-2-4-6-13/h2-10H,1H3. The van der Waals surface area contributed by atoms with Crippen molar-refractivity contribution >= 4 is 35.2 Å². The third-order valence-electron chi connectivity index (χ3n) is 3.96. The molecule has 3 nitrogen and oxygen atoms in total. The quantitative estimate of drug-likeness (QED) is 0.742. The molecule has 0 saturated heterocycles. The van der Waals surface area contributed by atoms with Gasteiger partial charge in [-0.15, -0.1) is 0 Å². The highest BCUT2D eigenvalue weighted by molar-refractivity contribution is 6.42. The molecule has 1 amide bonds. The second-order valence-corrected chi connectivity index (χ2v) is 6.15. The number of nitrogens with zero attached hydrogens (tertiary/aromatic N) is 2. The van der Waals surface area contributed by atoms with Gasteiger partial charge >= 0.3 is 0 Å². The average molecular weight is 343 g/mol.